The Morgan fingerprint density at radius 3 is 2.64 bits per heavy atom. The highest BCUT2D eigenvalue weighted by atomic mass is 35.5. The highest BCUT2D eigenvalue weighted by molar-refractivity contribution is 6.32. The summed E-state index contributed by atoms with van der Waals surface area (Å²) in [5, 5.41) is 7.28. The lowest BCUT2D eigenvalue weighted by atomic mass is 9.96. The lowest BCUT2D eigenvalue weighted by Gasteiger charge is -2.30. The van der Waals surface area contributed by atoms with Crippen LogP contribution in [-0.4, -0.2) is 53.1 Å². The molecule has 0 atom stereocenters. The van der Waals surface area contributed by atoms with E-state index in [9.17, 15) is 9.59 Å². The minimum Gasteiger partial charge on any atom is -0.492 e. The molecule has 0 spiro atoms. The molecule has 0 saturated carbocycles. The predicted octanol–water partition coefficient (Wildman–Crippen LogP) is 3.92. The highest BCUT2D eigenvalue weighted by Gasteiger charge is 2.28. The maximum atomic E-state index is 12.5. The minimum absolute atomic E-state index is 0.0262. The quantitative estimate of drug-likeness (QED) is 0.564. The van der Waals surface area contributed by atoms with Crippen LogP contribution in [0.1, 0.15) is 41.9 Å². The maximum absolute atomic E-state index is 12.5. The van der Waals surface area contributed by atoms with Crippen LogP contribution in [0.15, 0.2) is 53.1 Å². The van der Waals surface area contributed by atoms with Crippen LogP contribution in [0.3, 0.4) is 0 Å². The van der Waals surface area contributed by atoms with Crippen molar-refractivity contribution in [2.45, 2.75) is 25.7 Å². The van der Waals surface area contributed by atoms with Crippen molar-refractivity contribution in [1.82, 2.24) is 20.4 Å². The molecule has 9 heteroatoms. The molecule has 1 N–H and O–H groups in total. The summed E-state index contributed by atoms with van der Waals surface area (Å²) in [5.41, 5.74) is 1.28. The molecule has 1 saturated heterocycles. The number of ether oxygens (including phenoxy) is 1. The van der Waals surface area contributed by atoms with Crippen LogP contribution in [0, 0.1) is 0 Å². The van der Waals surface area contributed by atoms with Crippen molar-refractivity contribution < 1.29 is 18.8 Å². The van der Waals surface area contributed by atoms with Crippen LogP contribution in [-0.2, 0) is 4.79 Å². The van der Waals surface area contributed by atoms with Gasteiger partial charge in [0.2, 0.25) is 17.6 Å². The Kier molecular flexibility index (Phi) is 7.24. The second-order valence-electron chi connectivity index (χ2n) is 7.74. The largest absolute Gasteiger partial charge is 0.492 e. The number of nitrogens with zero attached hydrogens (tertiary/aromatic N) is 3. The number of halogens is 1. The smallest absolute Gasteiger partial charge is 0.251 e. The molecule has 3 aromatic rings. The Bertz CT molecular complexity index is 1110. The number of piperidine rings is 1. The lowest BCUT2D eigenvalue weighted by Crippen LogP contribution is -2.43. The van der Waals surface area contributed by atoms with Gasteiger partial charge >= 0.3 is 0 Å². The molecule has 2 heterocycles. The zero-order valence-electron chi connectivity index (χ0n) is 18.3. The first-order valence-electron chi connectivity index (χ1n) is 10.9. The van der Waals surface area contributed by atoms with E-state index in [2.05, 4.69) is 15.5 Å². The standard InChI is InChI=1S/C24H25ClN4O4/c1-2-32-20-9-8-18(14-19(20)25)22-27-24(33-28-22)17-10-12-29(13-11-17)21(30)15-26-23(31)16-6-4-3-5-7-16/h3-9,14,17H,2,10-13,15H2,1H3,(H,26,31). The molecule has 1 fully saturated rings. The second-order valence-corrected chi connectivity index (χ2v) is 8.15. The molecule has 0 radical (unpaired) electrons. The summed E-state index contributed by atoms with van der Waals surface area (Å²) >= 11 is 6.26. The number of likely N-dealkylation sites (tertiary alicyclic amines) is 1. The highest BCUT2D eigenvalue weighted by Crippen LogP contribution is 2.32. The van der Waals surface area contributed by atoms with Crippen molar-refractivity contribution >= 4 is 23.4 Å². The van der Waals surface area contributed by atoms with Crippen molar-refractivity contribution in [2.75, 3.05) is 26.2 Å². The van der Waals surface area contributed by atoms with E-state index in [4.69, 9.17) is 20.9 Å². The maximum Gasteiger partial charge on any atom is 0.251 e. The van der Waals surface area contributed by atoms with Gasteiger partial charge < -0.3 is 19.5 Å². The van der Waals surface area contributed by atoms with Gasteiger partial charge in [0.05, 0.1) is 18.2 Å². The van der Waals surface area contributed by atoms with Crippen molar-refractivity contribution in [1.29, 1.82) is 0 Å². The molecule has 0 bridgehead atoms. The number of hydrogen-bond donors (Lipinski definition) is 1. The Morgan fingerprint density at radius 1 is 1.18 bits per heavy atom. The van der Waals surface area contributed by atoms with Gasteiger partial charge in [-0.1, -0.05) is 35.0 Å². The van der Waals surface area contributed by atoms with Gasteiger partial charge in [-0.2, -0.15) is 4.98 Å². The minimum atomic E-state index is -0.258. The third-order valence-corrected chi connectivity index (χ3v) is 5.86. The summed E-state index contributed by atoms with van der Waals surface area (Å²) in [6.07, 6.45) is 1.42. The number of rotatable bonds is 7. The number of amides is 2. The van der Waals surface area contributed by atoms with E-state index in [1.165, 1.54) is 0 Å². The molecule has 1 aromatic heterocycles. The fraction of sp³-hybridized carbons (Fsp3) is 0.333. The number of benzene rings is 2. The van der Waals surface area contributed by atoms with Crippen LogP contribution in [0.4, 0.5) is 0 Å². The summed E-state index contributed by atoms with van der Waals surface area (Å²) in [6.45, 7) is 3.54. The first kappa shape index (κ1) is 22.8. The van der Waals surface area contributed by atoms with E-state index in [-0.39, 0.29) is 24.3 Å². The molecule has 8 nitrogen and oxygen atoms in total. The number of carbonyl (C=O) groups excluding carboxylic acids is 2. The third kappa shape index (κ3) is 5.51. The molecule has 2 aromatic carbocycles. The summed E-state index contributed by atoms with van der Waals surface area (Å²) < 4.78 is 11.0. The zero-order chi connectivity index (χ0) is 23.2. The normalized spacial score (nSPS) is 14.2. The van der Waals surface area contributed by atoms with Crippen molar-refractivity contribution in [3.63, 3.8) is 0 Å². The van der Waals surface area contributed by atoms with Crippen LogP contribution < -0.4 is 10.1 Å². The van der Waals surface area contributed by atoms with Crippen molar-refractivity contribution in [3.8, 4) is 17.1 Å². The molecule has 0 aliphatic carbocycles. The monoisotopic (exact) mass is 468 g/mol. The molecule has 172 valence electrons. The van der Waals surface area contributed by atoms with E-state index in [1.807, 2.05) is 19.1 Å². The second kappa shape index (κ2) is 10.5. The zero-order valence-corrected chi connectivity index (χ0v) is 19.0. The fourth-order valence-corrected chi connectivity index (χ4v) is 4.00. The molecule has 0 unspecified atom stereocenters. The van der Waals surface area contributed by atoms with E-state index in [1.54, 1.807) is 41.3 Å². The Balaban J connectivity index is 1.29. The van der Waals surface area contributed by atoms with E-state index >= 15 is 0 Å². The first-order chi connectivity index (χ1) is 16.0. The molecule has 33 heavy (non-hydrogen) atoms. The van der Waals surface area contributed by atoms with Gasteiger partial charge in [-0.25, -0.2) is 0 Å². The number of hydrogen-bond acceptors (Lipinski definition) is 6. The van der Waals surface area contributed by atoms with Gasteiger partial charge in [0.1, 0.15) is 5.75 Å². The van der Waals surface area contributed by atoms with Gasteiger partial charge in [-0.15, -0.1) is 0 Å². The topological polar surface area (TPSA) is 97.6 Å². The van der Waals surface area contributed by atoms with Gasteiger partial charge in [0.25, 0.3) is 5.91 Å². The van der Waals surface area contributed by atoms with Gasteiger partial charge in [0, 0.05) is 30.1 Å². The van der Waals surface area contributed by atoms with Crippen LogP contribution in [0.25, 0.3) is 11.4 Å². The molecular weight excluding hydrogens is 444 g/mol. The Hall–Kier alpha value is -3.39. The summed E-state index contributed by atoms with van der Waals surface area (Å²) in [5.74, 6) is 1.35. The van der Waals surface area contributed by atoms with E-state index in [0.29, 0.717) is 60.6 Å². The van der Waals surface area contributed by atoms with Crippen LogP contribution >= 0.6 is 11.6 Å². The summed E-state index contributed by atoms with van der Waals surface area (Å²) in [4.78, 5) is 30.9. The average molecular weight is 469 g/mol. The molecule has 1 aliphatic rings. The van der Waals surface area contributed by atoms with E-state index < -0.39 is 0 Å². The van der Waals surface area contributed by atoms with Crippen LogP contribution in [0.5, 0.6) is 5.75 Å². The fourth-order valence-electron chi connectivity index (χ4n) is 3.77. The molecule has 4 rings (SSSR count). The molecular formula is C24H25ClN4O4. The number of nitrogens with one attached hydrogen (secondary N) is 1. The average Bonchev–Trinajstić information content (AvgIpc) is 3.35. The van der Waals surface area contributed by atoms with Crippen molar-refractivity contribution in [3.05, 3.63) is 65.0 Å². The first-order valence-corrected chi connectivity index (χ1v) is 11.3. The Labute approximate surface area is 196 Å². The molecule has 2 amide bonds. The van der Waals surface area contributed by atoms with Crippen LogP contribution in [0.2, 0.25) is 5.02 Å². The number of aromatic nitrogens is 2. The third-order valence-electron chi connectivity index (χ3n) is 5.56. The number of carbonyl (C=O) groups is 2. The van der Waals surface area contributed by atoms with Gasteiger partial charge in [-0.05, 0) is 50.1 Å². The predicted molar refractivity (Wildman–Crippen MR) is 123 cm³/mol. The Morgan fingerprint density at radius 2 is 1.94 bits per heavy atom. The van der Waals surface area contributed by atoms with Crippen molar-refractivity contribution in [2.24, 2.45) is 0 Å². The van der Waals surface area contributed by atoms with Gasteiger partial charge in [0.15, 0.2) is 0 Å². The lowest BCUT2D eigenvalue weighted by molar-refractivity contribution is -0.131. The summed E-state index contributed by atoms with van der Waals surface area (Å²) in [6, 6.07) is 14.2. The summed E-state index contributed by atoms with van der Waals surface area (Å²) in [7, 11) is 0. The van der Waals surface area contributed by atoms with E-state index in [0.717, 1.165) is 5.56 Å². The SMILES string of the molecule is CCOc1ccc(-c2noc(C3CCN(C(=O)CNC(=O)c4ccccc4)CC3)n2)cc1Cl. The molecule has 1 aliphatic heterocycles. The van der Waals surface area contributed by atoms with Gasteiger partial charge in [-0.3, -0.25) is 9.59 Å².